The van der Waals surface area contributed by atoms with Crippen molar-refractivity contribution < 1.29 is 14.6 Å². The third kappa shape index (κ3) is 2.59. The van der Waals surface area contributed by atoms with Crippen molar-refractivity contribution in [3.63, 3.8) is 0 Å². The monoisotopic (exact) mass is 271 g/mol. The fraction of sp³-hybridized carbons (Fsp3) is 0.188. The number of carbonyl (C=O) groups excluding carboxylic acids is 1. The molecule has 104 valence electrons. The Hall–Kier alpha value is -2.49. The minimum atomic E-state index is -0.183. The van der Waals surface area contributed by atoms with Gasteiger partial charge < -0.3 is 14.7 Å². The molecule has 0 aromatic heterocycles. The topological polar surface area (TPSA) is 49.8 Å². The number of carbonyl (C=O) groups is 1. The van der Waals surface area contributed by atoms with Crippen LogP contribution in [0.5, 0.6) is 11.5 Å². The molecule has 4 nitrogen and oxygen atoms in total. The molecule has 20 heavy (non-hydrogen) atoms. The first-order chi connectivity index (χ1) is 9.54. The second kappa shape index (κ2) is 5.65. The van der Waals surface area contributed by atoms with E-state index in [0.29, 0.717) is 11.3 Å². The first-order valence-electron chi connectivity index (χ1n) is 6.25. The van der Waals surface area contributed by atoms with E-state index in [1.54, 1.807) is 24.1 Å². The normalized spacial score (nSPS) is 10.2. The molecule has 0 saturated heterocycles. The Balaban J connectivity index is 2.32. The third-order valence-electron chi connectivity index (χ3n) is 3.21. The van der Waals surface area contributed by atoms with Crippen LogP contribution in [0.4, 0.5) is 5.69 Å². The largest absolute Gasteiger partial charge is 0.504 e. The van der Waals surface area contributed by atoms with E-state index in [2.05, 4.69) is 0 Å². The van der Waals surface area contributed by atoms with Crippen LogP contribution in [-0.4, -0.2) is 25.2 Å². The van der Waals surface area contributed by atoms with Gasteiger partial charge in [0, 0.05) is 18.3 Å². The zero-order valence-electron chi connectivity index (χ0n) is 11.8. The van der Waals surface area contributed by atoms with Crippen LogP contribution in [-0.2, 0) is 0 Å². The molecule has 0 heterocycles. The highest BCUT2D eigenvalue weighted by atomic mass is 16.5. The summed E-state index contributed by atoms with van der Waals surface area (Å²) in [6.45, 7) is 1.95. The van der Waals surface area contributed by atoms with Gasteiger partial charge in [-0.25, -0.2) is 0 Å². The van der Waals surface area contributed by atoms with Crippen LogP contribution in [0.25, 0.3) is 0 Å². The summed E-state index contributed by atoms with van der Waals surface area (Å²) in [5.74, 6) is 0.119. The first-order valence-corrected chi connectivity index (χ1v) is 6.25. The van der Waals surface area contributed by atoms with E-state index in [-0.39, 0.29) is 11.7 Å². The zero-order chi connectivity index (χ0) is 14.7. The Kier molecular flexibility index (Phi) is 3.94. The number of methoxy groups -OCH3 is 1. The molecule has 1 amide bonds. The van der Waals surface area contributed by atoms with Gasteiger partial charge in [0.05, 0.1) is 7.11 Å². The van der Waals surface area contributed by atoms with Crippen molar-refractivity contribution in [1.29, 1.82) is 0 Å². The predicted octanol–water partition coefficient (Wildman–Crippen LogP) is 2.99. The predicted molar refractivity (Wildman–Crippen MR) is 78.6 cm³/mol. The average molecular weight is 271 g/mol. The molecule has 4 heteroatoms. The molecule has 0 atom stereocenters. The van der Waals surface area contributed by atoms with E-state index in [1.807, 2.05) is 31.2 Å². The maximum Gasteiger partial charge on any atom is 0.258 e. The van der Waals surface area contributed by atoms with Gasteiger partial charge in [0.15, 0.2) is 11.5 Å². The molecule has 0 aliphatic rings. The minimum absolute atomic E-state index is 0.0449. The maximum absolute atomic E-state index is 12.4. The van der Waals surface area contributed by atoms with Crippen molar-refractivity contribution in [2.24, 2.45) is 0 Å². The lowest BCUT2D eigenvalue weighted by Gasteiger charge is -2.19. The lowest BCUT2D eigenvalue weighted by molar-refractivity contribution is 0.0992. The van der Waals surface area contributed by atoms with Gasteiger partial charge in [0.2, 0.25) is 0 Å². The summed E-state index contributed by atoms with van der Waals surface area (Å²) in [6.07, 6.45) is 0. The lowest BCUT2D eigenvalue weighted by Crippen LogP contribution is -2.26. The molecule has 2 aromatic rings. The van der Waals surface area contributed by atoms with Crippen LogP contribution in [0.1, 0.15) is 15.9 Å². The summed E-state index contributed by atoms with van der Waals surface area (Å²) in [7, 11) is 3.18. The number of ether oxygens (including phenoxy) is 1. The fourth-order valence-corrected chi connectivity index (χ4v) is 2.07. The van der Waals surface area contributed by atoms with Crippen LogP contribution < -0.4 is 9.64 Å². The van der Waals surface area contributed by atoms with Crippen molar-refractivity contribution in [3.8, 4) is 11.5 Å². The van der Waals surface area contributed by atoms with Gasteiger partial charge in [-0.1, -0.05) is 18.2 Å². The zero-order valence-corrected chi connectivity index (χ0v) is 11.8. The number of aromatic hydroxyl groups is 1. The number of anilines is 1. The highest BCUT2D eigenvalue weighted by Gasteiger charge is 2.16. The Morgan fingerprint density at radius 3 is 2.50 bits per heavy atom. The molecule has 0 unspecified atom stereocenters. The number of rotatable bonds is 3. The van der Waals surface area contributed by atoms with Gasteiger partial charge in [-0.15, -0.1) is 0 Å². The SMILES string of the molecule is COc1ccc(C(=O)N(C)c2ccccc2C)cc1O. The number of nitrogens with zero attached hydrogens (tertiary/aromatic N) is 1. The molecule has 0 aliphatic carbocycles. The molecule has 0 radical (unpaired) electrons. The van der Waals surface area contributed by atoms with E-state index in [4.69, 9.17) is 4.74 Å². The summed E-state index contributed by atoms with van der Waals surface area (Å²) in [5, 5.41) is 9.75. The van der Waals surface area contributed by atoms with Crippen molar-refractivity contribution in [1.82, 2.24) is 0 Å². The molecule has 0 fully saturated rings. The van der Waals surface area contributed by atoms with Gasteiger partial charge in [-0.05, 0) is 36.8 Å². The molecule has 2 aromatic carbocycles. The van der Waals surface area contributed by atoms with Crippen molar-refractivity contribution in [3.05, 3.63) is 53.6 Å². The van der Waals surface area contributed by atoms with Gasteiger partial charge in [0.25, 0.3) is 5.91 Å². The van der Waals surface area contributed by atoms with Crippen LogP contribution in [0.3, 0.4) is 0 Å². The standard InChI is InChI=1S/C16H17NO3/c1-11-6-4-5-7-13(11)17(2)16(19)12-8-9-15(20-3)14(18)10-12/h4-10,18H,1-3H3. The molecule has 0 aliphatic heterocycles. The van der Waals surface area contributed by atoms with Crippen LogP contribution >= 0.6 is 0 Å². The second-order valence-electron chi connectivity index (χ2n) is 4.54. The number of hydrogen-bond acceptors (Lipinski definition) is 3. The van der Waals surface area contributed by atoms with Gasteiger partial charge in [-0.2, -0.15) is 0 Å². The summed E-state index contributed by atoms with van der Waals surface area (Å²) >= 11 is 0. The lowest BCUT2D eigenvalue weighted by atomic mass is 10.1. The van der Waals surface area contributed by atoms with Crippen molar-refractivity contribution >= 4 is 11.6 Å². The minimum Gasteiger partial charge on any atom is -0.504 e. The number of aryl methyl sites for hydroxylation is 1. The molecule has 0 bridgehead atoms. The van der Waals surface area contributed by atoms with E-state index in [1.165, 1.54) is 13.2 Å². The Labute approximate surface area is 118 Å². The van der Waals surface area contributed by atoms with E-state index in [0.717, 1.165) is 11.3 Å². The number of hydrogen-bond donors (Lipinski definition) is 1. The van der Waals surface area contributed by atoms with Crippen molar-refractivity contribution in [2.45, 2.75) is 6.92 Å². The first kappa shape index (κ1) is 13.9. The Bertz CT molecular complexity index is 637. The summed E-state index contributed by atoms with van der Waals surface area (Å²) < 4.78 is 4.97. The smallest absolute Gasteiger partial charge is 0.258 e. The molecule has 0 spiro atoms. The highest BCUT2D eigenvalue weighted by Crippen LogP contribution is 2.28. The van der Waals surface area contributed by atoms with E-state index >= 15 is 0 Å². The van der Waals surface area contributed by atoms with Gasteiger partial charge in [-0.3, -0.25) is 4.79 Å². The molecular weight excluding hydrogens is 254 g/mol. The summed E-state index contributed by atoms with van der Waals surface area (Å²) in [4.78, 5) is 14.0. The number of amides is 1. The number of phenolic OH excluding ortho intramolecular Hbond substituents is 1. The van der Waals surface area contributed by atoms with Crippen LogP contribution in [0.15, 0.2) is 42.5 Å². The number of benzene rings is 2. The van der Waals surface area contributed by atoms with Crippen LogP contribution in [0, 0.1) is 6.92 Å². The average Bonchev–Trinajstić information content (AvgIpc) is 2.46. The quantitative estimate of drug-likeness (QED) is 0.933. The molecule has 2 rings (SSSR count). The maximum atomic E-state index is 12.4. The Morgan fingerprint density at radius 1 is 1.20 bits per heavy atom. The second-order valence-corrected chi connectivity index (χ2v) is 4.54. The highest BCUT2D eigenvalue weighted by molar-refractivity contribution is 6.06. The number of phenols is 1. The summed E-state index contributed by atoms with van der Waals surface area (Å²) in [5.41, 5.74) is 2.27. The van der Waals surface area contributed by atoms with E-state index in [9.17, 15) is 9.90 Å². The van der Waals surface area contributed by atoms with Crippen LogP contribution in [0.2, 0.25) is 0 Å². The van der Waals surface area contributed by atoms with Crippen molar-refractivity contribution in [2.75, 3.05) is 19.1 Å². The molecule has 0 saturated carbocycles. The fourth-order valence-electron chi connectivity index (χ4n) is 2.07. The number of para-hydroxylation sites is 1. The van der Waals surface area contributed by atoms with E-state index < -0.39 is 0 Å². The van der Waals surface area contributed by atoms with Gasteiger partial charge in [0.1, 0.15) is 0 Å². The van der Waals surface area contributed by atoms with Gasteiger partial charge >= 0.3 is 0 Å². The Morgan fingerprint density at radius 2 is 1.90 bits per heavy atom. The summed E-state index contributed by atoms with van der Waals surface area (Å²) in [6, 6.07) is 12.3. The molecular formula is C16H17NO3. The molecule has 1 N–H and O–H groups in total. The third-order valence-corrected chi connectivity index (χ3v) is 3.21.